The van der Waals surface area contributed by atoms with Crippen molar-refractivity contribution in [1.82, 2.24) is 0 Å². The Balaban J connectivity index is 3.39. The van der Waals surface area contributed by atoms with E-state index < -0.39 is 5.97 Å². The van der Waals surface area contributed by atoms with E-state index in [1.807, 2.05) is 0 Å². The first-order valence-corrected chi connectivity index (χ1v) is 10.4. The summed E-state index contributed by atoms with van der Waals surface area (Å²) in [6, 6.07) is 0. The van der Waals surface area contributed by atoms with Crippen LogP contribution < -0.4 is 0 Å². The van der Waals surface area contributed by atoms with Gasteiger partial charge in [-0.3, -0.25) is 4.79 Å². The highest BCUT2D eigenvalue weighted by molar-refractivity contribution is 5.69. The summed E-state index contributed by atoms with van der Waals surface area (Å²) in [7, 11) is 0. The fraction of sp³-hybridized carbons (Fsp3) is 0.696. The summed E-state index contributed by atoms with van der Waals surface area (Å²) in [5.41, 5.74) is 0. The average molecular weight is 349 g/mol. The third kappa shape index (κ3) is 17.3. The van der Waals surface area contributed by atoms with E-state index in [2.05, 4.69) is 50.3 Å². The van der Waals surface area contributed by atoms with Crippen LogP contribution in [-0.4, -0.2) is 11.1 Å². The average Bonchev–Trinajstić information content (AvgIpc) is 2.60. The molecule has 0 aliphatic carbocycles. The van der Waals surface area contributed by atoms with Gasteiger partial charge < -0.3 is 5.11 Å². The molecule has 1 N–H and O–H groups in total. The standard InChI is InChI=1S/C23H40O2/c1-3-5-6-7-8-9-10-11-12-13-14-15-16-17-18-19-21-22(20-4-2)23(24)25/h5-6,8-9,11-12,22H,3-4,7,10,13-21H2,1-2H3,(H,24,25)/b6-5-,9-8-,12-11-. The van der Waals surface area contributed by atoms with Gasteiger partial charge in [0.1, 0.15) is 0 Å². The molecule has 0 aliphatic heterocycles. The van der Waals surface area contributed by atoms with Gasteiger partial charge in [0.25, 0.3) is 0 Å². The van der Waals surface area contributed by atoms with Crippen molar-refractivity contribution in [1.29, 1.82) is 0 Å². The van der Waals surface area contributed by atoms with Gasteiger partial charge in [-0.15, -0.1) is 0 Å². The first-order valence-electron chi connectivity index (χ1n) is 10.4. The molecule has 1 atom stereocenters. The van der Waals surface area contributed by atoms with Crippen LogP contribution in [0.2, 0.25) is 0 Å². The van der Waals surface area contributed by atoms with Crippen LogP contribution >= 0.6 is 0 Å². The predicted octanol–water partition coefficient (Wildman–Crippen LogP) is 7.47. The normalized spacial score (nSPS) is 13.4. The summed E-state index contributed by atoms with van der Waals surface area (Å²) < 4.78 is 0. The summed E-state index contributed by atoms with van der Waals surface area (Å²) >= 11 is 0. The Morgan fingerprint density at radius 1 is 0.760 bits per heavy atom. The lowest BCUT2D eigenvalue weighted by Crippen LogP contribution is -2.13. The lowest BCUT2D eigenvalue weighted by molar-refractivity contribution is -0.142. The smallest absolute Gasteiger partial charge is 0.306 e. The molecule has 0 aromatic heterocycles. The molecule has 0 fully saturated rings. The lowest BCUT2D eigenvalue weighted by atomic mass is 9.96. The Morgan fingerprint density at radius 3 is 1.92 bits per heavy atom. The lowest BCUT2D eigenvalue weighted by Gasteiger charge is -2.10. The summed E-state index contributed by atoms with van der Waals surface area (Å²) in [5.74, 6) is -0.729. The molecule has 0 aromatic carbocycles. The maximum absolute atomic E-state index is 11.1. The van der Waals surface area contributed by atoms with Gasteiger partial charge in [-0.1, -0.05) is 88.8 Å². The Kier molecular flexibility index (Phi) is 18.0. The Bertz CT molecular complexity index is 380. The SMILES string of the molecule is CC/C=C\C/C=C\C/C=C\CCCCCCCCC(CCC)C(=O)O. The molecule has 0 spiro atoms. The zero-order valence-corrected chi connectivity index (χ0v) is 16.6. The van der Waals surface area contributed by atoms with Crippen LogP contribution in [0.15, 0.2) is 36.5 Å². The van der Waals surface area contributed by atoms with Crippen molar-refractivity contribution in [3.63, 3.8) is 0 Å². The molecule has 0 heterocycles. The van der Waals surface area contributed by atoms with Gasteiger partial charge >= 0.3 is 5.97 Å². The summed E-state index contributed by atoms with van der Waals surface area (Å²) in [6.07, 6.45) is 27.8. The zero-order chi connectivity index (χ0) is 18.6. The van der Waals surface area contributed by atoms with Crippen LogP contribution in [0.4, 0.5) is 0 Å². The minimum absolute atomic E-state index is 0.119. The van der Waals surface area contributed by atoms with E-state index in [0.29, 0.717) is 0 Å². The number of carboxylic acid groups (broad SMARTS) is 1. The van der Waals surface area contributed by atoms with Crippen LogP contribution in [0.25, 0.3) is 0 Å². The second-order valence-electron chi connectivity index (χ2n) is 6.82. The Morgan fingerprint density at radius 2 is 1.32 bits per heavy atom. The number of aliphatic carboxylic acids is 1. The number of hydrogen-bond donors (Lipinski definition) is 1. The van der Waals surface area contributed by atoms with Crippen molar-refractivity contribution in [3.8, 4) is 0 Å². The van der Waals surface area contributed by atoms with Crippen LogP contribution in [0.3, 0.4) is 0 Å². The van der Waals surface area contributed by atoms with E-state index in [1.165, 1.54) is 38.5 Å². The number of unbranched alkanes of at least 4 members (excludes halogenated alkanes) is 6. The second-order valence-corrected chi connectivity index (χ2v) is 6.82. The molecule has 2 heteroatoms. The van der Waals surface area contributed by atoms with E-state index in [0.717, 1.165) is 44.9 Å². The zero-order valence-electron chi connectivity index (χ0n) is 16.6. The fourth-order valence-electron chi connectivity index (χ4n) is 2.93. The molecule has 0 aromatic rings. The topological polar surface area (TPSA) is 37.3 Å². The summed E-state index contributed by atoms with van der Waals surface area (Å²) in [4.78, 5) is 11.1. The molecular formula is C23H40O2. The Labute approximate surface area is 156 Å². The monoisotopic (exact) mass is 348 g/mol. The van der Waals surface area contributed by atoms with Crippen LogP contribution in [0, 0.1) is 5.92 Å². The largest absolute Gasteiger partial charge is 0.481 e. The third-order valence-corrected chi connectivity index (χ3v) is 4.44. The van der Waals surface area contributed by atoms with Gasteiger partial charge in [0.05, 0.1) is 5.92 Å². The molecule has 0 amide bonds. The van der Waals surface area contributed by atoms with Gasteiger partial charge in [0, 0.05) is 0 Å². The van der Waals surface area contributed by atoms with Crippen molar-refractivity contribution in [2.75, 3.05) is 0 Å². The molecule has 0 bridgehead atoms. The van der Waals surface area contributed by atoms with Crippen molar-refractivity contribution in [2.24, 2.45) is 5.92 Å². The van der Waals surface area contributed by atoms with Gasteiger partial charge in [-0.05, 0) is 44.9 Å². The molecule has 2 nitrogen and oxygen atoms in total. The highest BCUT2D eigenvalue weighted by Gasteiger charge is 2.15. The van der Waals surface area contributed by atoms with Crippen molar-refractivity contribution in [2.45, 2.75) is 97.3 Å². The van der Waals surface area contributed by atoms with E-state index in [1.54, 1.807) is 0 Å². The molecule has 144 valence electrons. The highest BCUT2D eigenvalue weighted by atomic mass is 16.4. The van der Waals surface area contributed by atoms with Gasteiger partial charge in [0.2, 0.25) is 0 Å². The molecule has 0 rings (SSSR count). The van der Waals surface area contributed by atoms with Crippen molar-refractivity contribution < 1.29 is 9.90 Å². The molecule has 0 radical (unpaired) electrons. The molecular weight excluding hydrogens is 308 g/mol. The van der Waals surface area contributed by atoms with Crippen molar-refractivity contribution in [3.05, 3.63) is 36.5 Å². The van der Waals surface area contributed by atoms with Gasteiger partial charge in [-0.2, -0.15) is 0 Å². The summed E-state index contributed by atoms with van der Waals surface area (Å²) in [6.45, 7) is 4.22. The molecule has 0 saturated carbocycles. The second kappa shape index (κ2) is 19.0. The Hall–Kier alpha value is -1.31. The van der Waals surface area contributed by atoms with E-state index in [4.69, 9.17) is 5.11 Å². The third-order valence-electron chi connectivity index (χ3n) is 4.44. The maximum atomic E-state index is 11.1. The molecule has 0 saturated heterocycles. The molecule has 25 heavy (non-hydrogen) atoms. The van der Waals surface area contributed by atoms with Crippen LogP contribution in [0.5, 0.6) is 0 Å². The van der Waals surface area contributed by atoms with E-state index in [9.17, 15) is 4.79 Å². The number of allylic oxidation sites excluding steroid dienone is 6. The number of carbonyl (C=O) groups is 1. The quantitative estimate of drug-likeness (QED) is 0.219. The predicted molar refractivity (Wildman–Crippen MR) is 110 cm³/mol. The fourth-order valence-corrected chi connectivity index (χ4v) is 2.93. The van der Waals surface area contributed by atoms with E-state index in [-0.39, 0.29) is 5.92 Å². The summed E-state index contributed by atoms with van der Waals surface area (Å²) in [5, 5.41) is 9.12. The van der Waals surface area contributed by atoms with Crippen LogP contribution in [-0.2, 0) is 4.79 Å². The maximum Gasteiger partial charge on any atom is 0.306 e. The molecule has 0 aliphatic rings. The first-order chi connectivity index (χ1) is 12.2. The van der Waals surface area contributed by atoms with E-state index >= 15 is 0 Å². The highest BCUT2D eigenvalue weighted by Crippen LogP contribution is 2.17. The number of hydrogen-bond acceptors (Lipinski definition) is 1. The van der Waals surface area contributed by atoms with Crippen molar-refractivity contribution >= 4 is 5.97 Å². The van der Waals surface area contributed by atoms with Crippen LogP contribution in [0.1, 0.15) is 97.3 Å². The molecule has 1 unspecified atom stereocenters. The first kappa shape index (κ1) is 23.7. The minimum Gasteiger partial charge on any atom is -0.481 e. The van der Waals surface area contributed by atoms with Gasteiger partial charge in [-0.25, -0.2) is 0 Å². The number of rotatable bonds is 17. The number of carboxylic acids is 1. The minimum atomic E-state index is -0.610. The van der Waals surface area contributed by atoms with Gasteiger partial charge in [0.15, 0.2) is 0 Å².